The first kappa shape index (κ1) is 15.8. The molecule has 2 aromatic carbocycles. The minimum Gasteiger partial charge on any atom is -0.497 e. The molecule has 21 heavy (non-hydrogen) atoms. The molecule has 5 heteroatoms. The Kier molecular flexibility index (Phi) is 6.03. The average molecular weight is 327 g/mol. The van der Waals surface area contributed by atoms with E-state index in [4.69, 9.17) is 37.4 Å². The second kappa shape index (κ2) is 8.01. The highest BCUT2D eigenvalue weighted by Gasteiger charge is 2.07. The van der Waals surface area contributed by atoms with Crippen LogP contribution >= 0.6 is 23.2 Å². The first-order valence-corrected chi connectivity index (χ1v) is 7.39. The van der Waals surface area contributed by atoms with E-state index in [1.165, 1.54) is 0 Å². The Bertz CT molecular complexity index is 570. The number of ether oxygens (including phenoxy) is 3. The molecule has 0 spiro atoms. The predicted octanol–water partition coefficient (Wildman–Crippen LogP) is 4.55. The Morgan fingerprint density at radius 3 is 2.24 bits per heavy atom. The maximum Gasteiger partial charge on any atom is 0.142 e. The minimum absolute atomic E-state index is 0.356. The van der Waals surface area contributed by atoms with E-state index >= 15 is 0 Å². The number of halogens is 2. The van der Waals surface area contributed by atoms with Gasteiger partial charge in [-0.25, -0.2) is 0 Å². The third-order valence-corrected chi connectivity index (χ3v) is 3.44. The number of methoxy groups -OCH3 is 1. The van der Waals surface area contributed by atoms with Crippen molar-refractivity contribution in [1.29, 1.82) is 0 Å². The van der Waals surface area contributed by atoms with Crippen molar-refractivity contribution in [3.05, 3.63) is 53.1 Å². The first-order chi connectivity index (χ1) is 10.2. The zero-order chi connectivity index (χ0) is 15.1. The van der Waals surface area contributed by atoms with Gasteiger partial charge < -0.3 is 14.2 Å². The summed E-state index contributed by atoms with van der Waals surface area (Å²) in [5.74, 6) is 2.53. The quantitative estimate of drug-likeness (QED) is 0.552. The Morgan fingerprint density at radius 1 is 0.905 bits per heavy atom. The van der Waals surface area contributed by atoms with E-state index in [9.17, 15) is 0 Å². The molecule has 0 amide bonds. The molecule has 0 saturated carbocycles. The SMILES string of the molecule is COc1ccc(OCCOc2c(Cl)cccc2CCl)cc1. The minimum atomic E-state index is 0.356. The van der Waals surface area contributed by atoms with Crippen LogP contribution in [0.3, 0.4) is 0 Å². The van der Waals surface area contributed by atoms with E-state index < -0.39 is 0 Å². The molecule has 0 fully saturated rings. The lowest BCUT2D eigenvalue weighted by atomic mass is 10.2. The van der Waals surface area contributed by atoms with Gasteiger partial charge in [-0.05, 0) is 30.3 Å². The molecule has 0 bridgehead atoms. The lowest BCUT2D eigenvalue weighted by Crippen LogP contribution is -2.10. The van der Waals surface area contributed by atoms with Crippen molar-refractivity contribution in [2.45, 2.75) is 5.88 Å². The molecule has 0 unspecified atom stereocenters. The second-order valence-electron chi connectivity index (χ2n) is 4.23. The number of hydrogen-bond acceptors (Lipinski definition) is 3. The number of hydrogen-bond donors (Lipinski definition) is 0. The van der Waals surface area contributed by atoms with Crippen molar-refractivity contribution < 1.29 is 14.2 Å². The van der Waals surface area contributed by atoms with Crippen LogP contribution in [0.4, 0.5) is 0 Å². The topological polar surface area (TPSA) is 27.7 Å². The van der Waals surface area contributed by atoms with E-state index in [0.717, 1.165) is 17.1 Å². The van der Waals surface area contributed by atoms with Crippen molar-refractivity contribution >= 4 is 23.2 Å². The van der Waals surface area contributed by atoms with Crippen molar-refractivity contribution in [2.75, 3.05) is 20.3 Å². The van der Waals surface area contributed by atoms with Crippen LogP contribution in [-0.2, 0) is 5.88 Å². The first-order valence-electron chi connectivity index (χ1n) is 6.47. The molecule has 3 nitrogen and oxygen atoms in total. The number of rotatable bonds is 7. The molecule has 0 aliphatic heterocycles. The summed E-state index contributed by atoms with van der Waals surface area (Å²) in [4.78, 5) is 0. The number of benzene rings is 2. The Morgan fingerprint density at radius 2 is 1.57 bits per heavy atom. The van der Waals surface area contributed by atoms with Crippen LogP contribution < -0.4 is 14.2 Å². The third-order valence-electron chi connectivity index (χ3n) is 2.85. The van der Waals surface area contributed by atoms with E-state index in [1.54, 1.807) is 13.2 Å². The molecule has 0 aliphatic rings. The van der Waals surface area contributed by atoms with Crippen LogP contribution in [0.25, 0.3) is 0 Å². The summed E-state index contributed by atoms with van der Waals surface area (Å²) in [7, 11) is 1.63. The van der Waals surface area contributed by atoms with Gasteiger partial charge in [-0.1, -0.05) is 23.7 Å². The number of para-hydroxylation sites is 1. The molecule has 112 valence electrons. The van der Waals surface area contributed by atoms with Crippen LogP contribution in [0.1, 0.15) is 5.56 Å². The van der Waals surface area contributed by atoms with Gasteiger partial charge in [0.05, 0.1) is 18.0 Å². The summed E-state index contributed by atoms with van der Waals surface area (Å²) in [6.07, 6.45) is 0. The zero-order valence-corrected chi connectivity index (χ0v) is 13.2. The van der Waals surface area contributed by atoms with E-state index in [2.05, 4.69) is 0 Å². The Hall–Kier alpha value is -1.58. The average Bonchev–Trinajstić information content (AvgIpc) is 2.53. The highest BCUT2D eigenvalue weighted by Crippen LogP contribution is 2.29. The van der Waals surface area contributed by atoms with E-state index in [-0.39, 0.29) is 0 Å². The van der Waals surface area contributed by atoms with E-state index in [1.807, 2.05) is 36.4 Å². The van der Waals surface area contributed by atoms with Crippen LogP contribution in [0, 0.1) is 0 Å². The standard InChI is InChI=1S/C16H16Cl2O3/c1-19-13-5-7-14(8-6-13)20-9-10-21-16-12(11-17)3-2-4-15(16)18/h2-8H,9-11H2,1H3. The molecule has 2 aromatic rings. The Balaban J connectivity index is 1.84. The molecule has 0 atom stereocenters. The van der Waals surface area contributed by atoms with Gasteiger partial charge in [-0.15, -0.1) is 11.6 Å². The van der Waals surface area contributed by atoms with Crippen LogP contribution in [0.5, 0.6) is 17.2 Å². The van der Waals surface area contributed by atoms with Crippen LogP contribution in [0.15, 0.2) is 42.5 Å². The zero-order valence-electron chi connectivity index (χ0n) is 11.6. The fourth-order valence-electron chi connectivity index (χ4n) is 1.80. The van der Waals surface area contributed by atoms with Gasteiger partial charge in [-0.2, -0.15) is 0 Å². The molecule has 0 heterocycles. The molecule has 0 aliphatic carbocycles. The summed E-state index contributed by atoms with van der Waals surface area (Å²) >= 11 is 12.0. The molecule has 0 N–H and O–H groups in total. The van der Waals surface area contributed by atoms with E-state index in [0.29, 0.717) is 29.9 Å². The van der Waals surface area contributed by atoms with Crippen molar-refractivity contribution in [3.63, 3.8) is 0 Å². The van der Waals surface area contributed by atoms with Crippen molar-refractivity contribution in [1.82, 2.24) is 0 Å². The van der Waals surface area contributed by atoms with Gasteiger partial charge in [0.1, 0.15) is 30.5 Å². The lowest BCUT2D eigenvalue weighted by molar-refractivity contribution is 0.216. The summed E-state index contributed by atoms with van der Waals surface area (Å²) in [5.41, 5.74) is 0.869. The smallest absolute Gasteiger partial charge is 0.142 e. The normalized spacial score (nSPS) is 10.2. The third kappa shape index (κ3) is 4.45. The lowest BCUT2D eigenvalue weighted by Gasteiger charge is -2.12. The van der Waals surface area contributed by atoms with Gasteiger partial charge in [0.25, 0.3) is 0 Å². The maximum absolute atomic E-state index is 6.10. The molecule has 0 saturated heterocycles. The van der Waals surface area contributed by atoms with Crippen LogP contribution in [-0.4, -0.2) is 20.3 Å². The molecular weight excluding hydrogens is 311 g/mol. The fourth-order valence-corrected chi connectivity index (χ4v) is 2.25. The predicted molar refractivity (Wildman–Crippen MR) is 85.0 cm³/mol. The van der Waals surface area contributed by atoms with Gasteiger partial charge in [0, 0.05) is 5.56 Å². The number of alkyl halides is 1. The highest BCUT2D eigenvalue weighted by atomic mass is 35.5. The van der Waals surface area contributed by atoms with Gasteiger partial charge in [0.2, 0.25) is 0 Å². The second-order valence-corrected chi connectivity index (χ2v) is 4.91. The Labute approximate surface area is 134 Å². The van der Waals surface area contributed by atoms with Gasteiger partial charge in [-0.3, -0.25) is 0 Å². The monoisotopic (exact) mass is 326 g/mol. The van der Waals surface area contributed by atoms with Crippen LogP contribution in [0.2, 0.25) is 5.02 Å². The maximum atomic E-state index is 6.10. The molecular formula is C16H16Cl2O3. The molecule has 2 rings (SSSR count). The molecule has 0 radical (unpaired) electrons. The van der Waals surface area contributed by atoms with Crippen molar-refractivity contribution in [3.8, 4) is 17.2 Å². The largest absolute Gasteiger partial charge is 0.497 e. The molecule has 0 aromatic heterocycles. The summed E-state index contributed by atoms with van der Waals surface area (Å²) in [5, 5.41) is 0.553. The van der Waals surface area contributed by atoms with Crippen molar-refractivity contribution in [2.24, 2.45) is 0 Å². The van der Waals surface area contributed by atoms with Gasteiger partial charge in [0.15, 0.2) is 0 Å². The highest BCUT2D eigenvalue weighted by molar-refractivity contribution is 6.32. The summed E-state index contributed by atoms with van der Waals surface area (Å²) in [6.45, 7) is 0.804. The summed E-state index contributed by atoms with van der Waals surface area (Å²) in [6, 6.07) is 12.9. The fraction of sp³-hybridized carbons (Fsp3) is 0.250. The summed E-state index contributed by atoms with van der Waals surface area (Å²) < 4.78 is 16.3. The van der Waals surface area contributed by atoms with Gasteiger partial charge >= 0.3 is 0 Å².